The lowest BCUT2D eigenvalue weighted by molar-refractivity contribution is 0.0997. The molecule has 30 heavy (non-hydrogen) atoms. The highest BCUT2D eigenvalue weighted by atomic mass is 32.2. The van der Waals surface area contributed by atoms with Gasteiger partial charge < -0.3 is 4.57 Å². The summed E-state index contributed by atoms with van der Waals surface area (Å²) in [5.74, 6) is -0.378. The average Bonchev–Trinajstić information content (AvgIpc) is 3.51. The molecule has 1 aliphatic rings. The van der Waals surface area contributed by atoms with E-state index in [4.69, 9.17) is 0 Å². The number of sulfonamides is 1. The fraction of sp³-hybridized carbons (Fsp3) is 0.364. The van der Waals surface area contributed by atoms with E-state index in [1.807, 2.05) is 11.5 Å². The SMILES string of the molecule is CCn1c(=NC(=O)c2ccc(S(=O)(=O)N(C)C3CC3)cc2)sc2cc(C)c(C)cc21. The molecular weight excluding hydrogens is 418 g/mol. The van der Waals surface area contributed by atoms with Crippen LogP contribution in [-0.2, 0) is 16.6 Å². The van der Waals surface area contributed by atoms with E-state index in [2.05, 4.69) is 31.0 Å². The van der Waals surface area contributed by atoms with E-state index in [1.165, 1.54) is 51.0 Å². The lowest BCUT2D eigenvalue weighted by atomic mass is 10.1. The zero-order valence-corrected chi connectivity index (χ0v) is 19.2. The molecule has 0 saturated heterocycles. The molecule has 1 amide bonds. The van der Waals surface area contributed by atoms with E-state index >= 15 is 0 Å². The van der Waals surface area contributed by atoms with Crippen molar-refractivity contribution in [1.82, 2.24) is 8.87 Å². The van der Waals surface area contributed by atoms with Crippen molar-refractivity contribution in [1.29, 1.82) is 0 Å². The quantitative estimate of drug-likeness (QED) is 0.601. The smallest absolute Gasteiger partial charge is 0.279 e. The first-order valence-corrected chi connectivity index (χ1v) is 12.3. The van der Waals surface area contributed by atoms with Gasteiger partial charge in [0, 0.05) is 25.2 Å². The average molecular weight is 444 g/mol. The number of benzene rings is 2. The molecule has 6 nitrogen and oxygen atoms in total. The van der Waals surface area contributed by atoms with Crippen molar-refractivity contribution >= 4 is 37.5 Å². The first-order chi connectivity index (χ1) is 14.2. The predicted molar refractivity (Wildman–Crippen MR) is 119 cm³/mol. The first kappa shape index (κ1) is 21.0. The van der Waals surface area contributed by atoms with Crippen LogP contribution >= 0.6 is 11.3 Å². The molecule has 8 heteroatoms. The van der Waals surface area contributed by atoms with Crippen molar-refractivity contribution in [2.75, 3.05) is 7.05 Å². The molecule has 0 unspecified atom stereocenters. The number of rotatable bonds is 5. The largest absolute Gasteiger partial charge is 0.317 e. The Morgan fingerprint density at radius 2 is 1.80 bits per heavy atom. The second-order valence-corrected chi connectivity index (χ2v) is 10.7. The molecule has 0 N–H and O–H groups in total. The van der Waals surface area contributed by atoms with Gasteiger partial charge in [0.15, 0.2) is 4.80 Å². The fourth-order valence-electron chi connectivity index (χ4n) is 3.43. The minimum Gasteiger partial charge on any atom is -0.317 e. The molecule has 1 aliphatic carbocycles. The van der Waals surface area contributed by atoms with Crippen LogP contribution in [0.3, 0.4) is 0 Å². The molecule has 0 bridgehead atoms. The first-order valence-electron chi connectivity index (χ1n) is 10.00. The van der Waals surface area contributed by atoms with Crippen LogP contribution in [0.15, 0.2) is 46.3 Å². The zero-order chi connectivity index (χ0) is 21.6. The molecule has 1 saturated carbocycles. The van der Waals surface area contributed by atoms with E-state index < -0.39 is 10.0 Å². The van der Waals surface area contributed by atoms with Crippen molar-refractivity contribution in [3.8, 4) is 0 Å². The van der Waals surface area contributed by atoms with Crippen LogP contribution in [0.1, 0.15) is 41.3 Å². The highest BCUT2D eigenvalue weighted by molar-refractivity contribution is 7.89. The summed E-state index contributed by atoms with van der Waals surface area (Å²) in [6, 6.07) is 10.4. The van der Waals surface area contributed by atoms with Gasteiger partial charge in [-0.25, -0.2) is 8.42 Å². The van der Waals surface area contributed by atoms with E-state index in [9.17, 15) is 13.2 Å². The van der Waals surface area contributed by atoms with Gasteiger partial charge in [-0.3, -0.25) is 4.79 Å². The van der Waals surface area contributed by atoms with Gasteiger partial charge >= 0.3 is 0 Å². The summed E-state index contributed by atoms with van der Waals surface area (Å²) in [6.07, 6.45) is 1.80. The van der Waals surface area contributed by atoms with Crippen LogP contribution in [0, 0.1) is 13.8 Å². The Hall–Kier alpha value is -2.29. The minimum absolute atomic E-state index is 0.0935. The van der Waals surface area contributed by atoms with E-state index in [-0.39, 0.29) is 16.8 Å². The third kappa shape index (κ3) is 3.75. The Kier molecular flexibility index (Phi) is 5.42. The van der Waals surface area contributed by atoms with Crippen molar-refractivity contribution < 1.29 is 13.2 Å². The lowest BCUT2D eigenvalue weighted by Crippen LogP contribution is -2.28. The molecule has 158 valence electrons. The maximum Gasteiger partial charge on any atom is 0.279 e. The van der Waals surface area contributed by atoms with Crippen LogP contribution < -0.4 is 4.80 Å². The van der Waals surface area contributed by atoms with Crippen molar-refractivity contribution in [3.05, 3.63) is 57.9 Å². The Bertz CT molecular complexity index is 1300. The number of hydrogen-bond donors (Lipinski definition) is 0. The number of amides is 1. The Morgan fingerprint density at radius 3 is 2.40 bits per heavy atom. The molecule has 3 aromatic rings. The molecular formula is C22H25N3O3S2. The second-order valence-electron chi connectivity index (χ2n) is 7.73. The van der Waals surface area contributed by atoms with Crippen LogP contribution in [0.4, 0.5) is 0 Å². The van der Waals surface area contributed by atoms with Gasteiger partial charge in [-0.1, -0.05) is 11.3 Å². The third-order valence-corrected chi connectivity index (χ3v) is 8.62. The summed E-state index contributed by atoms with van der Waals surface area (Å²) < 4.78 is 29.8. The highest BCUT2D eigenvalue weighted by Crippen LogP contribution is 2.30. The number of aryl methyl sites for hydroxylation is 3. The molecule has 1 fully saturated rings. The number of carbonyl (C=O) groups is 1. The molecule has 1 heterocycles. The van der Waals surface area contributed by atoms with Gasteiger partial charge in [-0.2, -0.15) is 9.30 Å². The Morgan fingerprint density at radius 1 is 1.17 bits per heavy atom. The van der Waals surface area contributed by atoms with Crippen LogP contribution in [-0.4, -0.2) is 36.3 Å². The van der Waals surface area contributed by atoms with Crippen molar-refractivity contribution in [2.45, 2.75) is 51.1 Å². The van der Waals surface area contributed by atoms with Crippen LogP contribution in [0.25, 0.3) is 10.2 Å². The number of nitrogens with zero attached hydrogens (tertiary/aromatic N) is 3. The molecule has 0 atom stereocenters. The monoisotopic (exact) mass is 443 g/mol. The van der Waals surface area contributed by atoms with E-state index in [0.717, 1.165) is 23.1 Å². The molecule has 0 spiro atoms. The fourth-order valence-corrected chi connectivity index (χ4v) is 6.02. The highest BCUT2D eigenvalue weighted by Gasteiger charge is 2.35. The molecule has 4 rings (SSSR count). The summed E-state index contributed by atoms with van der Waals surface area (Å²) in [6.45, 7) is 6.88. The van der Waals surface area contributed by atoms with Gasteiger partial charge in [0.1, 0.15) is 0 Å². The number of aromatic nitrogens is 1. The maximum absolute atomic E-state index is 12.8. The van der Waals surface area contributed by atoms with Gasteiger partial charge in [0.2, 0.25) is 10.0 Å². The molecule has 2 aromatic carbocycles. The van der Waals surface area contributed by atoms with Gasteiger partial charge in [0.05, 0.1) is 15.1 Å². The van der Waals surface area contributed by atoms with Gasteiger partial charge in [0.25, 0.3) is 5.91 Å². The normalized spacial score (nSPS) is 15.3. The molecule has 1 aromatic heterocycles. The van der Waals surface area contributed by atoms with E-state index in [0.29, 0.717) is 16.9 Å². The van der Waals surface area contributed by atoms with Crippen molar-refractivity contribution in [2.24, 2.45) is 4.99 Å². The van der Waals surface area contributed by atoms with Gasteiger partial charge in [-0.05, 0) is 81.1 Å². The standard InChI is InChI=1S/C22H25N3O3S2/c1-5-25-19-12-14(2)15(3)13-20(19)29-22(25)23-21(26)16-6-10-18(11-7-16)30(27,28)24(4)17-8-9-17/h6-7,10-13,17H,5,8-9H2,1-4H3. The van der Waals surface area contributed by atoms with Crippen LogP contribution in [0.5, 0.6) is 0 Å². The third-order valence-electron chi connectivity index (χ3n) is 5.65. The second kappa shape index (κ2) is 7.76. The summed E-state index contributed by atoms with van der Waals surface area (Å²) >= 11 is 1.49. The lowest BCUT2D eigenvalue weighted by Gasteiger charge is -2.16. The summed E-state index contributed by atoms with van der Waals surface area (Å²) in [5.41, 5.74) is 3.85. The Balaban J connectivity index is 1.68. The summed E-state index contributed by atoms with van der Waals surface area (Å²) in [7, 11) is -1.92. The van der Waals surface area contributed by atoms with Gasteiger partial charge in [-0.15, -0.1) is 0 Å². The number of fused-ring (bicyclic) bond motifs is 1. The molecule has 0 aliphatic heterocycles. The maximum atomic E-state index is 12.8. The van der Waals surface area contributed by atoms with Crippen LogP contribution in [0.2, 0.25) is 0 Å². The Labute approximate surface area is 180 Å². The zero-order valence-electron chi connectivity index (χ0n) is 17.5. The topological polar surface area (TPSA) is 71.7 Å². The summed E-state index contributed by atoms with van der Waals surface area (Å²) in [4.78, 5) is 18.0. The minimum atomic E-state index is -3.52. The molecule has 0 radical (unpaired) electrons. The summed E-state index contributed by atoms with van der Waals surface area (Å²) in [5, 5.41) is 0. The number of thiazole rings is 1. The van der Waals surface area contributed by atoms with E-state index in [1.54, 1.807) is 7.05 Å². The van der Waals surface area contributed by atoms with Crippen molar-refractivity contribution in [3.63, 3.8) is 0 Å². The number of hydrogen-bond acceptors (Lipinski definition) is 4. The predicted octanol–water partition coefficient (Wildman–Crippen LogP) is 3.86. The number of carbonyl (C=O) groups excluding carboxylic acids is 1.